The van der Waals surface area contributed by atoms with Crippen LogP contribution in [-0.4, -0.2) is 10.7 Å². The predicted molar refractivity (Wildman–Crippen MR) is 118 cm³/mol. The Hall–Kier alpha value is -3.35. The van der Waals surface area contributed by atoms with Crippen LogP contribution in [0.1, 0.15) is 27.0 Å². The smallest absolute Gasteiger partial charge is 0.269 e. The Kier molecular flexibility index (Phi) is 5.67. The molecule has 31 heavy (non-hydrogen) atoms. The number of halogens is 2. The molecule has 0 amide bonds. The number of benzene rings is 3. The average Bonchev–Trinajstić information content (AvgIpc) is 3.05. The van der Waals surface area contributed by atoms with Gasteiger partial charge in [-0.25, -0.2) is 0 Å². The molecule has 0 radical (unpaired) electrons. The Morgan fingerprint density at radius 2 is 1.81 bits per heavy atom. The van der Waals surface area contributed by atoms with Gasteiger partial charge in [-0.15, -0.1) is 0 Å². The van der Waals surface area contributed by atoms with Crippen molar-refractivity contribution < 1.29 is 19.2 Å². The molecular weight excluding hydrogens is 441 g/mol. The van der Waals surface area contributed by atoms with Gasteiger partial charge >= 0.3 is 0 Å². The third-order valence-electron chi connectivity index (χ3n) is 4.73. The molecule has 4 rings (SSSR count). The van der Waals surface area contributed by atoms with E-state index in [0.29, 0.717) is 32.7 Å². The third-order valence-corrected chi connectivity index (χ3v) is 5.47. The standard InChI is InChI=1S/C23H15Cl2NO5/c1-13-8-17(30-12-15-4-7-18(24)19(25)9-15)11-20-22(13)23(27)21(31-20)10-14-2-5-16(6-3-14)26(28)29/h2-11H,12H2,1H3/b21-10-. The molecule has 0 aliphatic carbocycles. The zero-order valence-corrected chi connectivity index (χ0v) is 17.7. The Labute approximate surface area is 187 Å². The van der Waals surface area contributed by atoms with Gasteiger partial charge in [0.05, 0.1) is 20.5 Å². The molecule has 156 valence electrons. The first-order valence-corrected chi connectivity index (χ1v) is 9.97. The second kappa shape index (κ2) is 8.41. The van der Waals surface area contributed by atoms with Crippen LogP contribution in [0.4, 0.5) is 5.69 Å². The van der Waals surface area contributed by atoms with Crippen molar-refractivity contribution in [2.75, 3.05) is 0 Å². The van der Waals surface area contributed by atoms with Crippen LogP contribution in [-0.2, 0) is 6.61 Å². The van der Waals surface area contributed by atoms with E-state index >= 15 is 0 Å². The van der Waals surface area contributed by atoms with Gasteiger partial charge in [0.1, 0.15) is 18.1 Å². The Balaban J connectivity index is 1.54. The van der Waals surface area contributed by atoms with E-state index in [1.165, 1.54) is 12.1 Å². The minimum absolute atomic E-state index is 0.0243. The number of hydrogen-bond donors (Lipinski definition) is 0. The minimum atomic E-state index is -0.479. The van der Waals surface area contributed by atoms with Crippen LogP contribution in [0.15, 0.2) is 60.4 Å². The van der Waals surface area contributed by atoms with E-state index in [-0.39, 0.29) is 23.8 Å². The Morgan fingerprint density at radius 3 is 2.48 bits per heavy atom. The summed E-state index contributed by atoms with van der Waals surface area (Å²) >= 11 is 12.0. The number of fused-ring (bicyclic) bond motifs is 1. The highest BCUT2D eigenvalue weighted by Gasteiger charge is 2.30. The first-order chi connectivity index (χ1) is 14.8. The topological polar surface area (TPSA) is 78.7 Å². The summed E-state index contributed by atoms with van der Waals surface area (Å²) in [5.41, 5.74) is 2.64. The van der Waals surface area contributed by atoms with Crippen molar-refractivity contribution >= 4 is 40.7 Å². The summed E-state index contributed by atoms with van der Waals surface area (Å²) in [4.78, 5) is 23.1. The highest BCUT2D eigenvalue weighted by atomic mass is 35.5. The number of non-ortho nitro benzene ring substituents is 1. The fraction of sp³-hybridized carbons (Fsp3) is 0.0870. The maximum atomic E-state index is 12.8. The van der Waals surface area contributed by atoms with Crippen LogP contribution >= 0.6 is 23.2 Å². The molecule has 6 nitrogen and oxygen atoms in total. The van der Waals surface area contributed by atoms with E-state index in [4.69, 9.17) is 32.7 Å². The zero-order chi connectivity index (χ0) is 22.1. The van der Waals surface area contributed by atoms with E-state index in [9.17, 15) is 14.9 Å². The molecular formula is C23H15Cl2NO5. The van der Waals surface area contributed by atoms with Gasteiger partial charge in [-0.2, -0.15) is 0 Å². The fourth-order valence-electron chi connectivity index (χ4n) is 3.20. The maximum Gasteiger partial charge on any atom is 0.269 e. The summed E-state index contributed by atoms with van der Waals surface area (Å²) < 4.78 is 11.6. The Morgan fingerprint density at radius 1 is 1.06 bits per heavy atom. The number of nitro benzene ring substituents is 1. The van der Waals surface area contributed by atoms with Crippen molar-refractivity contribution in [1.82, 2.24) is 0 Å². The summed E-state index contributed by atoms with van der Waals surface area (Å²) in [7, 11) is 0. The lowest BCUT2D eigenvalue weighted by molar-refractivity contribution is -0.384. The first-order valence-electron chi connectivity index (χ1n) is 9.22. The quantitative estimate of drug-likeness (QED) is 0.252. The van der Waals surface area contributed by atoms with Gasteiger partial charge in [0, 0.05) is 18.2 Å². The van der Waals surface area contributed by atoms with Crippen LogP contribution in [0.2, 0.25) is 10.0 Å². The van der Waals surface area contributed by atoms with Gasteiger partial charge in [-0.05, 0) is 60.0 Å². The van der Waals surface area contributed by atoms with Crippen LogP contribution in [0.5, 0.6) is 11.5 Å². The van der Waals surface area contributed by atoms with Crippen molar-refractivity contribution in [1.29, 1.82) is 0 Å². The van der Waals surface area contributed by atoms with Crippen LogP contribution in [0, 0.1) is 17.0 Å². The van der Waals surface area contributed by atoms with Gasteiger partial charge in [0.15, 0.2) is 5.76 Å². The van der Waals surface area contributed by atoms with Crippen molar-refractivity contribution in [3.8, 4) is 11.5 Å². The SMILES string of the molecule is Cc1cc(OCc2ccc(Cl)c(Cl)c2)cc2c1C(=O)/C(=C/c1ccc([N+](=O)[O-])cc1)O2. The van der Waals surface area contributed by atoms with E-state index in [1.54, 1.807) is 49.4 Å². The Bertz CT molecular complexity index is 1240. The predicted octanol–water partition coefficient (Wildman–Crippen LogP) is 6.41. The number of nitro groups is 1. The van der Waals surface area contributed by atoms with E-state index in [0.717, 1.165) is 11.1 Å². The van der Waals surface area contributed by atoms with Crippen molar-refractivity contribution in [2.45, 2.75) is 13.5 Å². The normalized spacial score (nSPS) is 13.8. The largest absolute Gasteiger partial charge is 0.489 e. The van der Waals surface area contributed by atoms with Crippen molar-refractivity contribution in [3.63, 3.8) is 0 Å². The molecule has 3 aromatic carbocycles. The molecule has 0 atom stereocenters. The number of allylic oxidation sites excluding steroid dienone is 1. The number of ether oxygens (including phenoxy) is 2. The van der Waals surface area contributed by atoms with Gasteiger partial charge in [0.2, 0.25) is 5.78 Å². The third kappa shape index (κ3) is 4.40. The lowest BCUT2D eigenvalue weighted by Gasteiger charge is -2.10. The number of aryl methyl sites for hydroxylation is 1. The zero-order valence-electron chi connectivity index (χ0n) is 16.2. The number of rotatable bonds is 5. The van der Waals surface area contributed by atoms with E-state index in [2.05, 4.69) is 0 Å². The van der Waals surface area contributed by atoms with Gasteiger partial charge in [0.25, 0.3) is 5.69 Å². The molecule has 1 aliphatic heterocycles. The van der Waals surface area contributed by atoms with Crippen molar-refractivity contribution in [2.24, 2.45) is 0 Å². The second-order valence-electron chi connectivity index (χ2n) is 6.94. The summed E-state index contributed by atoms with van der Waals surface area (Å²) in [5, 5.41) is 11.7. The summed E-state index contributed by atoms with van der Waals surface area (Å²) in [6, 6.07) is 14.5. The molecule has 0 aromatic heterocycles. The molecule has 0 saturated heterocycles. The molecule has 1 aliphatic rings. The molecule has 0 bridgehead atoms. The molecule has 3 aromatic rings. The van der Waals surface area contributed by atoms with Crippen LogP contribution < -0.4 is 9.47 Å². The highest BCUT2D eigenvalue weighted by molar-refractivity contribution is 6.42. The van der Waals surface area contributed by atoms with Crippen LogP contribution in [0.25, 0.3) is 6.08 Å². The molecule has 0 fully saturated rings. The fourth-order valence-corrected chi connectivity index (χ4v) is 3.52. The molecule has 8 heteroatoms. The molecule has 0 unspecified atom stereocenters. The summed E-state index contributed by atoms with van der Waals surface area (Å²) in [6.07, 6.45) is 1.56. The maximum absolute atomic E-state index is 12.8. The van der Waals surface area contributed by atoms with Gasteiger partial charge < -0.3 is 9.47 Å². The molecule has 0 spiro atoms. The molecule has 0 N–H and O–H groups in total. The number of carbonyl (C=O) groups excluding carboxylic acids is 1. The van der Waals surface area contributed by atoms with Gasteiger partial charge in [-0.3, -0.25) is 14.9 Å². The highest BCUT2D eigenvalue weighted by Crippen LogP contribution is 2.38. The summed E-state index contributed by atoms with van der Waals surface area (Å²) in [5.74, 6) is 0.851. The average molecular weight is 456 g/mol. The van der Waals surface area contributed by atoms with Gasteiger partial charge in [-0.1, -0.05) is 29.3 Å². The number of ketones is 1. The van der Waals surface area contributed by atoms with E-state index in [1.807, 2.05) is 6.07 Å². The summed E-state index contributed by atoms with van der Waals surface area (Å²) in [6.45, 7) is 2.08. The van der Waals surface area contributed by atoms with E-state index < -0.39 is 4.92 Å². The number of Topliss-reactive ketones (excluding diaryl/α,β-unsaturated/α-hetero) is 1. The molecule has 0 saturated carbocycles. The minimum Gasteiger partial charge on any atom is -0.489 e. The second-order valence-corrected chi connectivity index (χ2v) is 7.75. The monoisotopic (exact) mass is 455 g/mol. The lowest BCUT2D eigenvalue weighted by atomic mass is 10.0. The lowest BCUT2D eigenvalue weighted by Crippen LogP contribution is -2.00. The number of hydrogen-bond acceptors (Lipinski definition) is 5. The molecule has 1 heterocycles. The van der Waals surface area contributed by atoms with Crippen molar-refractivity contribution in [3.05, 3.63) is 103 Å². The van der Waals surface area contributed by atoms with Crippen LogP contribution in [0.3, 0.4) is 0 Å². The number of carbonyl (C=O) groups is 1. The number of nitrogens with zero attached hydrogens (tertiary/aromatic N) is 1. The first kappa shape index (κ1) is 20.9.